The van der Waals surface area contributed by atoms with E-state index >= 15 is 0 Å². The fourth-order valence-corrected chi connectivity index (χ4v) is 3.42. The van der Waals surface area contributed by atoms with Gasteiger partial charge in [0.05, 0.1) is 33.0 Å². The SMILES string of the molecule is CCNC(c1c(C)c(Br)cc(C)c1OC)C1COCCO1. The van der Waals surface area contributed by atoms with Crippen LogP contribution in [0.4, 0.5) is 0 Å². The molecule has 0 bridgehead atoms. The maximum atomic E-state index is 5.92. The van der Waals surface area contributed by atoms with Crippen molar-refractivity contribution in [2.75, 3.05) is 33.5 Å². The van der Waals surface area contributed by atoms with Crippen molar-refractivity contribution < 1.29 is 14.2 Å². The van der Waals surface area contributed by atoms with Crippen LogP contribution >= 0.6 is 15.9 Å². The Morgan fingerprint density at radius 2 is 2.19 bits per heavy atom. The molecule has 2 rings (SSSR count). The Morgan fingerprint density at radius 3 is 2.76 bits per heavy atom. The fraction of sp³-hybridized carbons (Fsp3) is 0.625. The monoisotopic (exact) mass is 357 g/mol. The van der Waals surface area contributed by atoms with Crippen molar-refractivity contribution in [3.8, 4) is 5.75 Å². The number of ether oxygens (including phenoxy) is 3. The van der Waals surface area contributed by atoms with Gasteiger partial charge in [0, 0.05) is 10.0 Å². The largest absolute Gasteiger partial charge is 0.496 e. The van der Waals surface area contributed by atoms with E-state index in [0.29, 0.717) is 19.8 Å². The van der Waals surface area contributed by atoms with Crippen molar-refractivity contribution in [2.24, 2.45) is 0 Å². The van der Waals surface area contributed by atoms with Crippen LogP contribution in [0.15, 0.2) is 10.5 Å². The van der Waals surface area contributed by atoms with E-state index in [0.717, 1.165) is 27.9 Å². The van der Waals surface area contributed by atoms with E-state index in [1.807, 2.05) is 0 Å². The predicted octanol–water partition coefficient (Wildman–Crippen LogP) is 3.14. The van der Waals surface area contributed by atoms with Crippen LogP contribution in [0, 0.1) is 13.8 Å². The molecule has 1 heterocycles. The van der Waals surface area contributed by atoms with Gasteiger partial charge in [-0.05, 0) is 37.6 Å². The predicted molar refractivity (Wildman–Crippen MR) is 87.1 cm³/mol. The van der Waals surface area contributed by atoms with Gasteiger partial charge >= 0.3 is 0 Å². The standard InChI is InChI=1S/C16H24BrNO3/c1-5-18-15(13-9-20-6-7-21-13)14-11(3)12(17)8-10(2)16(14)19-4/h8,13,15,18H,5-7,9H2,1-4H3. The minimum absolute atomic E-state index is 0.000000000000000444. The Hall–Kier alpha value is -0.620. The van der Waals surface area contributed by atoms with E-state index in [-0.39, 0.29) is 12.1 Å². The molecule has 4 nitrogen and oxygen atoms in total. The van der Waals surface area contributed by atoms with Crippen LogP contribution in [0.2, 0.25) is 0 Å². The van der Waals surface area contributed by atoms with E-state index in [1.54, 1.807) is 7.11 Å². The third-order valence-electron chi connectivity index (χ3n) is 3.86. The minimum Gasteiger partial charge on any atom is -0.496 e. The zero-order chi connectivity index (χ0) is 15.4. The first kappa shape index (κ1) is 16.7. The van der Waals surface area contributed by atoms with E-state index < -0.39 is 0 Å². The number of rotatable bonds is 5. The van der Waals surface area contributed by atoms with Gasteiger partial charge in [0.15, 0.2) is 0 Å². The second kappa shape index (κ2) is 7.58. The van der Waals surface area contributed by atoms with Crippen LogP contribution < -0.4 is 10.1 Å². The number of aryl methyl sites for hydroxylation is 1. The molecule has 0 radical (unpaired) electrons. The molecule has 0 aliphatic carbocycles. The van der Waals surface area contributed by atoms with Crippen LogP contribution in [0.5, 0.6) is 5.75 Å². The summed E-state index contributed by atoms with van der Waals surface area (Å²) in [4.78, 5) is 0. The highest BCUT2D eigenvalue weighted by Gasteiger charge is 2.30. The lowest BCUT2D eigenvalue weighted by atomic mass is 9.93. The molecule has 2 atom stereocenters. The summed E-state index contributed by atoms with van der Waals surface area (Å²) in [6, 6.07) is 2.15. The molecule has 1 fully saturated rings. The summed E-state index contributed by atoms with van der Waals surface area (Å²) in [7, 11) is 1.72. The lowest BCUT2D eigenvalue weighted by Gasteiger charge is -2.33. The van der Waals surface area contributed by atoms with Gasteiger partial charge in [-0.1, -0.05) is 22.9 Å². The molecular weight excluding hydrogens is 334 g/mol. The van der Waals surface area contributed by atoms with Gasteiger partial charge < -0.3 is 19.5 Å². The minimum atomic E-state index is -0.000000000000000444. The van der Waals surface area contributed by atoms with E-state index in [2.05, 4.69) is 48.1 Å². The second-order valence-electron chi connectivity index (χ2n) is 5.27. The number of nitrogens with one attached hydrogen (secondary N) is 1. The molecular formula is C16H24BrNO3. The van der Waals surface area contributed by atoms with Crippen molar-refractivity contribution in [3.05, 3.63) is 27.2 Å². The molecule has 0 aromatic heterocycles. The van der Waals surface area contributed by atoms with Crippen LogP contribution in [0.1, 0.15) is 29.7 Å². The highest BCUT2D eigenvalue weighted by molar-refractivity contribution is 9.10. The number of methoxy groups -OCH3 is 1. The summed E-state index contributed by atoms with van der Waals surface area (Å²) in [5.41, 5.74) is 3.45. The van der Waals surface area contributed by atoms with Crippen LogP contribution in [0.25, 0.3) is 0 Å². The zero-order valence-electron chi connectivity index (χ0n) is 13.2. The molecule has 1 saturated heterocycles. The summed E-state index contributed by atoms with van der Waals surface area (Å²) < 4.78 is 18.3. The molecule has 2 unspecified atom stereocenters. The third kappa shape index (κ3) is 3.59. The van der Waals surface area contributed by atoms with Gasteiger partial charge in [-0.3, -0.25) is 0 Å². The van der Waals surface area contributed by atoms with Crippen LogP contribution in [-0.2, 0) is 9.47 Å². The maximum absolute atomic E-state index is 5.92. The molecule has 21 heavy (non-hydrogen) atoms. The number of hydrogen-bond donors (Lipinski definition) is 1. The normalized spacial score (nSPS) is 20.3. The van der Waals surface area contributed by atoms with Crippen molar-refractivity contribution >= 4 is 15.9 Å². The summed E-state index contributed by atoms with van der Waals surface area (Å²) in [5.74, 6) is 0.927. The molecule has 0 spiro atoms. The van der Waals surface area contributed by atoms with Gasteiger partial charge in [0.2, 0.25) is 0 Å². The average molecular weight is 358 g/mol. The van der Waals surface area contributed by atoms with Gasteiger partial charge in [-0.25, -0.2) is 0 Å². The van der Waals surface area contributed by atoms with Crippen molar-refractivity contribution in [1.82, 2.24) is 5.32 Å². The Balaban J connectivity index is 2.47. The van der Waals surface area contributed by atoms with E-state index in [1.165, 1.54) is 5.56 Å². The summed E-state index contributed by atoms with van der Waals surface area (Å²) >= 11 is 3.65. The quantitative estimate of drug-likeness (QED) is 0.878. The molecule has 0 amide bonds. The lowest BCUT2D eigenvalue weighted by molar-refractivity contribution is -0.102. The first-order valence-electron chi connectivity index (χ1n) is 7.36. The Kier molecular flexibility index (Phi) is 6.05. The molecule has 1 aliphatic heterocycles. The Bertz CT molecular complexity index is 487. The third-order valence-corrected chi connectivity index (χ3v) is 4.68. The molecule has 1 aliphatic rings. The molecule has 1 aromatic rings. The van der Waals surface area contributed by atoms with Gasteiger partial charge in [-0.2, -0.15) is 0 Å². The molecule has 5 heteroatoms. The molecule has 1 N–H and O–H groups in total. The highest BCUT2D eigenvalue weighted by atomic mass is 79.9. The van der Waals surface area contributed by atoms with Crippen LogP contribution in [0.3, 0.4) is 0 Å². The number of halogens is 1. The number of hydrogen-bond acceptors (Lipinski definition) is 4. The van der Waals surface area contributed by atoms with Gasteiger partial charge in [-0.15, -0.1) is 0 Å². The first-order chi connectivity index (χ1) is 10.1. The molecule has 1 aromatic carbocycles. The van der Waals surface area contributed by atoms with E-state index in [9.17, 15) is 0 Å². The summed E-state index contributed by atoms with van der Waals surface area (Å²) in [5, 5.41) is 3.53. The average Bonchev–Trinajstić information content (AvgIpc) is 2.49. The number of likely N-dealkylation sites (N-methyl/N-ethyl adjacent to an activating group) is 1. The second-order valence-corrected chi connectivity index (χ2v) is 6.12. The molecule has 0 saturated carbocycles. The molecule has 118 valence electrons. The fourth-order valence-electron chi connectivity index (χ4n) is 2.86. The van der Waals surface area contributed by atoms with Crippen molar-refractivity contribution in [2.45, 2.75) is 32.9 Å². The first-order valence-corrected chi connectivity index (χ1v) is 8.15. The Labute approximate surface area is 135 Å². The van der Waals surface area contributed by atoms with Gasteiger partial charge in [0.25, 0.3) is 0 Å². The van der Waals surface area contributed by atoms with E-state index in [4.69, 9.17) is 14.2 Å². The zero-order valence-corrected chi connectivity index (χ0v) is 14.7. The lowest BCUT2D eigenvalue weighted by Crippen LogP contribution is -2.41. The van der Waals surface area contributed by atoms with Gasteiger partial charge in [0.1, 0.15) is 11.9 Å². The number of benzene rings is 1. The maximum Gasteiger partial charge on any atom is 0.126 e. The summed E-state index contributed by atoms with van der Waals surface area (Å²) in [6.45, 7) is 9.04. The smallest absolute Gasteiger partial charge is 0.126 e. The van der Waals surface area contributed by atoms with Crippen LogP contribution in [-0.4, -0.2) is 39.6 Å². The highest BCUT2D eigenvalue weighted by Crippen LogP contribution is 2.38. The van der Waals surface area contributed by atoms with Crippen molar-refractivity contribution in [3.63, 3.8) is 0 Å². The topological polar surface area (TPSA) is 39.7 Å². The van der Waals surface area contributed by atoms with Crippen molar-refractivity contribution in [1.29, 1.82) is 0 Å². The summed E-state index contributed by atoms with van der Waals surface area (Å²) in [6.07, 6.45) is -0.000000000000000444. The Morgan fingerprint density at radius 1 is 1.43 bits per heavy atom.